The first kappa shape index (κ1) is 27.4. The Morgan fingerprint density at radius 3 is 2.37 bits per heavy atom. The lowest BCUT2D eigenvalue weighted by Gasteiger charge is -2.32. The molecule has 4 aromatic rings. The summed E-state index contributed by atoms with van der Waals surface area (Å²) < 4.78 is 35.8. The van der Waals surface area contributed by atoms with Crippen molar-refractivity contribution in [2.24, 2.45) is 0 Å². The van der Waals surface area contributed by atoms with Crippen LogP contribution in [0, 0.1) is 18.6 Å². The zero-order valence-electron chi connectivity index (χ0n) is 23.4. The second-order valence-corrected chi connectivity index (χ2v) is 10.9. The van der Waals surface area contributed by atoms with Gasteiger partial charge >= 0.3 is 0 Å². The number of carbonyl (C=O) groups excluding carboxylic acids is 1. The molecule has 9 heteroatoms. The minimum Gasteiger partial charge on any atom is -0.379 e. The Morgan fingerprint density at radius 1 is 0.927 bits per heavy atom. The van der Waals surface area contributed by atoms with Gasteiger partial charge in [-0.05, 0) is 55.4 Å². The van der Waals surface area contributed by atoms with Crippen LogP contribution in [-0.4, -0.2) is 90.1 Å². The van der Waals surface area contributed by atoms with Crippen LogP contribution < -0.4 is 0 Å². The molecule has 3 heterocycles. The van der Waals surface area contributed by atoms with Gasteiger partial charge in [0, 0.05) is 68.1 Å². The molecule has 2 aliphatic heterocycles. The molecular weight excluding hydrogens is 524 g/mol. The van der Waals surface area contributed by atoms with Crippen molar-refractivity contribution >= 4 is 16.9 Å². The molecule has 0 aliphatic carbocycles. The van der Waals surface area contributed by atoms with Crippen LogP contribution in [0.1, 0.15) is 21.5 Å². The molecule has 0 atom stereocenters. The molecule has 0 N–H and O–H groups in total. The molecule has 212 valence electrons. The van der Waals surface area contributed by atoms with Gasteiger partial charge in [0.05, 0.1) is 36.1 Å². The van der Waals surface area contributed by atoms with Crippen LogP contribution >= 0.6 is 0 Å². The molecular formula is C32H33F2N5O2. The fourth-order valence-corrected chi connectivity index (χ4v) is 5.54. The molecule has 7 nitrogen and oxygen atoms in total. The minimum atomic E-state index is -0.580. The molecule has 1 amide bonds. The van der Waals surface area contributed by atoms with E-state index in [1.54, 1.807) is 12.3 Å². The molecule has 1 aromatic heterocycles. The van der Waals surface area contributed by atoms with Gasteiger partial charge in [0.2, 0.25) is 0 Å². The fraction of sp³-hybridized carbons (Fsp3) is 0.344. The van der Waals surface area contributed by atoms with Crippen molar-refractivity contribution in [1.29, 1.82) is 0 Å². The number of hydrogen-bond acceptors (Lipinski definition) is 6. The first-order chi connectivity index (χ1) is 19.9. The largest absolute Gasteiger partial charge is 0.379 e. The first-order valence-electron chi connectivity index (χ1n) is 14.0. The number of fused-ring (bicyclic) bond motifs is 1. The number of hydrogen-bond donors (Lipinski definition) is 0. The van der Waals surface area contributed by atoms with Gasteiger partial charge in [0.1, 0.15) is 11.6 Å². The van der Waals surface area contributed by atoms with E-state index < -0.39 is 11.6 Å². The van der Waals surface area contributed by atoms with E-state index in [1.165, 1.54) is 12.1 Å². The van der Waals surface area contributed by atoms with Crippen LogP contribution in [-0.2, 0) is 11.3 Å². The maximum absolute atomic E-state index is 15.2. The summed E-state index contributed by atoms with van der Waals surface area (Å²) in [4.78, 5) is 28.7. The van der Waals surface area contributed by atoms with Gasteiger partial charge in [-0.3, -0.25) is 14.7 Å². The molecule has 0 saturated carbocycles. The smallest absolute Gasteiger partial charge is 0.254 e. The SMILES string of the molecule is Cc1cc(-c2cnc3cccc(-c4cc(F)c(CN5CCOCC5)c(F)c4)c3n2)ccc1C(=O)N1CCN(C)CC1. The molecule has 0 spiro atoms. The average Bonchev–Trinajstić information content (AvgIpc) is 2.99. The predicted octanol–water partition coefficient (Wildman–Crippen LogP) is 4.77. The van der Waals surface area contributed by atoms with E-state index in [0.717, 1.165) is 24.2 Å². The van der Waals surface area contributed by atoms with Crippen molar-refractivity contribution in [2.45, 2.75) is 13.5 Å². The number of halogens is 2. The van der Waals surface area contributed by atoms with Gasteiger partial charge in [0.15, 0.2) is 0 Å². The molecule has 6 rings (SSSR count). The summed E-state index contributed by atoms with van der Waals surface area (Å²) >= 11 is 0. The number of morpholine rings is 1. The number of ether oxygens (including phenoxy) is 1. The summed E-state index contributed by atoms with van der Waals surface area (Å²) in [6.45, 7) is 7.70. The average molecular weight is 558 g/mol. The number of carbonyl (C=O) groups is 1. The fourth-order valence-electron chi connectivity index (χ4n) is 5.54. The van der Waals surface area contributed by atoms with Crippen molar-refractivity contribution < 1.29 is 18.3 Å². The van der Waals surface area contributed by atoms with E-state index in [0.29, 0.717) is 72.8 Å². The quantitative estimate of drug-likeness (QED) is 0.352. The highest BCUT2D eigenvalue weighted by Crippen LogP contribution is 2.32. The third-order valence-corrected chi connectivity index (χ3v) is 8.05. The third-order valence-electron chi connectivity index (χ3n) is 8.05. The monoisotopic (exact) mass is 557 g/mol. The summed E-state index contributed by atoms with van der Waals surface area (Å²) in [7, 11) is 2.06. The number of likely N-dealkylation sites (N-methyl/N-ethyl adjacent to an activating group) is 1. The molecule has 0 bridgehead atoms. The maximum Gasteiger partial charge on any atom is 0.254 e. The van der Waals surface area contributed by atoms with Gasteiger partial charge in [-0.2, -0.15) is 0 Å². The second kappa shape index (κ2) is 11.6. The Bertz CT molecular complexity index is 1570. The lowest BCUT2D eigenvalue weighted by atomic mass is 10.00. The van der Waals surface area contributed by atoms with Crippen LogP contribution in [0.25, 0.3) is 33.4 Å². The molecule has 3 aromatic carbocycles. The van der Waals surface area contributed by atoms with E-state index >= 15 is 8.78 Å². The Balaban J connectivity index is 1.30. The second-order valence-electron chi connectivity index (χ2n) is 10.9. The van der Waals surface area contributed by atoms with E-state index in [-0.39, 0.29) is 18.0 Å². The number of nitrogens with zero attached hydrogens (tertiary/aromatic N) is 5. The van der Waals surface area contributed by atoms with Crippen molar-refractivity contribution in [2.75, 3.05) is 59.5 Å². The zero-order chi connectivity index (χ0) is 28.5. The molecule has 2 saturated heterocycles. The maximum atomic E-state index is 15.2. The summed E-state index contributed by atoms with van der Waals surface area (Å²) in [6, 6.07) is 13.9. The molecule has 2 aliphatic rings. The summed E-state index contributed by atoms with van der Waals surface area (Å²) in [5.41, 5.74) is 5.24. The zero-order valence-corrected chi connectivity index (χ0v) is 23.4. The molecule has 0 radical (unpaired) electrons. The van der Waals surface area contributed by atoms with E-state index in [2.05, 4.69) is 16.9 Å². The number of benzene rings is 3. The number of para-hydroxylation sites is 1. The van der Waals surface area contributed by atoms with E-state index in [1.807, 2.05) is 47.1 Å². The molecule has 0 unspecified atom stereocenters. The topological polar surface area (TPSA) is 61.8 Å². The Morgan fingerprint density at radius 2 is 1.66 bits per heavy atom. The Kier molecular flexibility index (Phi) is 7.75. The lowest BCUT2D eigenvalue weighted by Crippen LogP contribution is -2.47. The van der Waals surface area contributed by atoms with Gasteiger partial charge in [-0.15, -0.1) is 0 Å². The van der Waals surface area contributed by atoms with Crippen molar-refractivity contribution in [3.8, 4) is 22.4 Å². The van der Waals surface area contributed by atoms with Gasteiger partial charge in [-0.1, -0.05) is 18.2 Å². The number of aromatic nitrogens is 2. The van der Waals surface area contributed by atoms with E-state index in [9.17, 15) is 4.79 Å². The van der Waals surface area contributed by atoms with Crippen LogP contribution in [0.3, 0.4) is 0 Å². The van der Waals surface area contributed by atoms with E-state index in [4.69, 9.17) is 9.72 Å². The highest BCUT2D eigenvalue weighted by molar-refractivity contribution is 5.96. The van der Waals surface area contributed by atoms with Crippen LogP contribution in [0.15, 0.2) is 54.7 Å². The minimum absolute atomic E-state index is 0.0372. The van der Waals surface area contributed by atoms with Crippen LogP contribution in [0.5, 0.6) is 0 Å². The highest BCUT2D eigenvalue weighted by atomic mass is 19.1. The normalized spacial score (nSPS) is 16.8. The number of piperazine rings is 1. The van der Waals surface area contributed by atoms with Crippen molar-refractivity contribution in [3.05, 3.63) is 83.1 Å². The number of rotatable bonds is 5. The summed E-state index contributed by atoms with van der Waals surface area (Å²) in [5.74, 6) is -1.12. The Hall–Kier alpha value is -3.79. The van der Waals surface area contributed by atoms with Crippen LogP contribution in [0.4, 0.5) is 8.78 Å². The number of amides is 1. The first-order valence-corrected chi connectivity index (χ1v) is 14.0. The third kappa shape index (κ3) is 5.70. The lowest BCUT2D eigenvalue weighted by molar-refractivity contribution is 0.0332. The van der Waals surface area contributed by atoms with Gasteiger partial charge in [0.25, 0.3) is 5.91 Å². The van der Waals surface area contributed by atoms with Crippen molar-refractivity contribution in [1.82, 2.24) is 24.7 Å². The van der Waals surface area contributed by atoms with Crippen molar-refractivity contribution in [3.63, 3.8) is 0 Å². The standard InChI is InChI=1S/C32H33F2N5O2/c1-21-16-22(6-7-24(21)32(40)39-10-8-37(2)9-11-39)30-19-35-29-5-3-4-25(31(29)36-30)23-17-27(33)26(28(34)18-23)20-38-12-14-41-15-13-38/h3-7,16-19H,8-15,20H2,1-2H3. The van der Waals surface area contributed by atoms with Crippen LogP contribution in [0.2, 0.25) is 0 Å². The number of aryl methyl sites for hydroxylation is 1. The van der Waals surface area contributed by atoms with Gasteiger partial charge in [-0.25, -0.2) is 13.8 Å². The molecule has 41 heavy (non-hydrogen) atoms. The summed E-state index contributed by atoms with van der Waals surface area (Å²) in [5, 5.41) is 0. The Labute approximate surface area is 238 Å². The highest BCUT2D eigenvalue weighted by Gasteiger charge is 2.22. The van der Waals surface area contributed by atoms with Gasteiger partial charge < -0.3 is 14.5 Å². The predicted molar refractivity (Wildman–Crippen MR) is 155 cm³/mol. The summed E-state index contributed by atoms with van der Waals surface area (Å²) in [6.07, 6.45) is 1.69. The molecule has 2 fully saturated rings.